The van der Waals surface area contributed by atoms with Gasteiger partial charge in [0.05, 0.1) is 16.8 Å². The Kier molecular flexibility index (Phi) is 2.57. The Morgan fingerprint density at radius 2 is 2.05 bits per heavy atom. The maximum Gasteiger partial charge on any atom is 0.121 e. The summed E-state index contributed by atoms with van der Waals surface area (Å²) in [6.45, 7) is 0. The molecule has 1 aliphatic rings. The van der Waals surface area contributed by atoms with E-state index < -0.39 is 0 Å². The van der Waals surface area contributed by atoms with Gasteiger partial charge in [-0.2, -0.15) is 0 Å². The number of hydrogen-bond donors (Lipinski definition) is 0. The van der Waals surface area contributed by atoms with Crippen molar-refractivity contribution in [1.82, 2.24) is 9.55 Å². The van der Waals surface area contributed by atoms with Crippen molar-refractivity contribution in [2.24, 2.45) is 0 Å². The first-order chi connectivity index (χ1) is 9.33. The Hall–Kier alpha value is -1.45. The molecule has 19 heavy (non-hydrogen) atoms. The van der Waals surface area contributed by atoms with E-state index in [1.165, 1.54) is 11.1 Å². The Morgan fingerprint density at radius 1 is 1.16 bits per heavy atom. The lowest BCUT2D eigenvalue weighted by atomic mass is 10.2. The van der Waals surface area contributed by atoms with Crippen LogP contribution in [-0.2, 0) is 5.75 Å². The zero-order chi connectivity index (χ0) is 12.8. The van der Waals surface area contributed by atoms with Gasteiger partial charge in [0.25, 0.3) is 0 Å². The molecule has 2 heterocycles. The third-order valence-corrected chi connectivity index (χ3v) is 4.87. The van der Waals surface area contributed by atoms with Crippen LogP contribution in [0.4, 0.5) is 0 Å². The number of fused-ring (bicyclic) bond motifs is 3. The van der Waals surface area contributed by atoms with Gasteiger partial charge in [0.2, 0.25) is 0 Å². The second-order valence-corrected chi connectivity index (χ2v) is 6.11. The minimum Gasteiger partial charge on any atom is -0.310 e. The summed E-state index contributed by atoms with van der Waals surface area (Å²) >= 11 is 8.00. The fourth-order valence-corrected chi connectivity index (χ4v) is 4.02. The minimum atomic E-state index is 0.279. The zero-order valence-corrected chi connectivity index (χ0v) is 11.7. The van der Waals surface area contributed by atoms with Gasteiger partial charge in [0, 0.05) is 5.02 Å². The number of aromatic nitrogens is 2. The molecule has 0 bridgehead atoms. The van der Waals surface area contributed by atoms with Crippen LogP contribution in [0.1, 0.15) is 16.8 Å². The molecule has 0 fully saturated rings. The van der Waals surface area contributed by atoms with E-state index in [1.54, 1.807) is 0 Å². The molecule has 1 aromatic heterocycles. The molecule has 0 spiro atoms. The molecule has 0 aliphatic carbocycles. The molecule has 3 aromatic rings. The van der Waals surface area contributed by atoms with Crippen LogP contribution in [-0.4, -0.2) is 9.55 Å². The lowest BCUT2D eigenvalue weighted by Crippen LogP contribution is -2.03. The summed E-state index contributed by atoms with van der Waals surface area (Å²) in [6, 6.07) is 16.4. The van der Waals surface area contributed by atoms with Crippen LogP contribution in [0.3, 0.4) is 0 Å². The quantitative estimate of drug-likeness (QED) is 0.656. The van der Waals surface area contributed by atoms with E-state index in [4.69, 9.17) is 16.6 Å². The van der Waals surface area contributed by atoms with Crippen molar-refractivity contribution in [1.29, 1.82) is 0 Å². The van der Waals surface area contributed by atoms with Crippen LogP contribution in [0.5, 0.6) is 0 Å². The van der Waals surface area contributed by atoms with Crippen molar-refractivity contribution in [2.45, 2.75) is 11.1 Å². The number of halogens is 1. The van der Waals surface area contributed by atoms with Gasteiger partial charge in [0.15, 0.2) is 0 Å². The average molecular weight is 287 g/mol. The van der Waals surface area contributed by atoms with E-state index in [9.17, 15) is 0 Å². The van der Waals surface area contributed by atoms with E-state index in [2.05, 4.69) is 28.8 Å². The van der Waals surface area contributed by atoms with E-state index >= 15 is 0 Å². The maximum atomic E-state index is 6.11. The first kappa shape index (κ1) is 11.4. The Morgan fingerprint density at radius 3 is 2.95 bits per heavy atom. The minimum absolute atomic E-state index is 0.279. The lowest BCUT2D eigenvalue weighted by molar-refractivity contribution is 0.794. The van der Waals surface area contributed by atoms with Crippen molar-refractivity contribution in [2.75, 3.05) is 0 Å². The molecule has 0 N–H and O–H groups in total. The Bertz CT molecular complexity index is 766. The molecule has 2 nitrogen and oxygen atoms in total. The normalized spacial score (nSPS) is 17.8. The summed E-state index contributed by atoms with van der Waals surface area (Å²) in [6.07, 6.45) is 0. The highest BCUT2D eigenvalue weighted by atomic mass is 35.5. The molecule has 0 amide bonds. The van der Waals surface area contributed by atoms with Crippen LogP contribution in [0.2, 0.25) is 5.02 Å². The Balaban J connectivity index is 1.91. The maximum absolute atomic E-state index is 6.11. The largest absolute Gasteiger partial charge is 0.310 e. The second kappa shape index (κ2) is 4.29. The second-order valence-electron chi connectivity index (χ2n) is 4.61. The number of thioether (sulfide) groups is 1. The van der Waals surface area contributed by atoms with Crippen LogP contribution in [0, 0.1) is 0 Å². The van der Waals surface area contributed by atoms with Gasteiger partial charge in [-0.3, -0.25) is 0 Å². The van der Waals surface area contributed by atoms with E-state index in [0.29, 0.717) is 0 Å². The topological polar surface area (TPSA) is 17.8 Å². The predicted molar refractivity (Wildman–Crippen MR) is 80.6 cm³/mol. The van der Waals surface area contributed by atoms with E-state index in [0.717, 1.165) is 22.1 Å². The third kappa shape index (κ3) is 1.77. The fraction of sp³-hybridized carbons (Fsp3) is 0.133. The third-order valence-electron chi connectivity index (χ3n) is 3.41. The molecule has 0 unspecified atom stereocenters. The van der Waals surface area contributed by atoms with Gasteiger partial charge in [-0.15, -0.1) is 11.8 Å². The number of benzene rings is 2. The molecule has 0 saturated carbocycles. The molecule has 94 valence electrons. The van der Waals surface area contributed by atoms with Gasteiger partial charge in [0.1, 0.15) is 11.2 Å². The van der Waals surface area contributed by atoms with Crippen molar-refractivity contribution in [3.63, 3.8) is 0 Å². The predicted octanol–water partition coefficient (Wildman–Crippen LogP) is 4.48. The highest BCUT2D eigenvalue weighted by molar-refractivity contribution is 7.99. The highest BCUT2D eigenvalue weighted by Crippen LogP contribution is 2.42. The molecular weight excluding hydrogens is 276 g/mol. The molecule has 0 radical (unpaired) electrons. The van der Waals surface area contributed by atoms with Crippen molar-refractivity contribution < 1.29 is 0 Å². The lowest BCUT2D eigenvalue weighted by Gasteiger charge is -2.14. The summed E-state index contributed by atoms with van der Waals surface area (Å²) in [7, 11) is 0. The molecule has 0 saturated heterocycles. The monoisotopic (exact) mass is 286 g/mol. The number of imidazole rings is 1. The molecule has 4 rings (SSSR count). The Labute approximate surface area is 120 Å². The molecular formula is C15H11ClN2S. The van der Waals surface area contributed by atoms with Crippen molar-refractivity contribution in [3.8, 4) is 0 Å². The van der Waals surface area contributed by atoms with Crippen molar-refractivity contribution in [3.05, 3.63) is 64.9 Å². The summed E-state index contributed by atoms with van der Waals surface area (Å²) in [5, 5.41) is 1.07. The summed E-state index contributed by atoms with van der Waals surface area (Å²) in [5.74, 6) is 2.10. The zero-order valence-electron chi connectivity index (χ0n) is 10.1. The van der Waals surface area contributed by atoms with Gasteiger partial charge in [-0.25, -0.2) is 4.98 Å². The SMILES string of the molecule is Clc1cccc([C@@H]2SCc3nc4ccccc4n32)c1. The summed E-state index contributed by atoms with van der Waals surface area (Å²) < 4.78 is 2.33. The molecule has 2 aromatic carbocycles. The summed E-state index contributed by atoms with van der Waals surface area (Å²) in [4.78, 5) is 4.70. The molecule has 4 heteroatoms. The van der Waals surface area contributed by atoms with Gasteiger partial charge < -0.3 is 4.57 Å². The highest BCUT2D eigenvalue weighted by Gasteiger charge is 2.27. The van der Waals surface area contributed by atoms with Gasteiger partial charge >= 0.3 is 0 Å². The number of nitrogens with zero attached hydrogens (tertiary/aromatic N) is 2. The summed E-state index contributed by atoms with van der Waals surface area (Å²) in [5.41, 5.74) is 3.51. The van der Waals surface area contributed by atoms with Crippen molar-refractivity contribution >= 4 is 34.4 Å². The van der Waals surface area contributed by atoms with E-state index in [1.807, 2.05) is 36.0 Å². The average Bonchev–Trinajstić information content (AvgIpc) is 2.97. The molecule has 1 atom stereocenters. The number of rotatable bonds is 1. The number of hydrogen-bond acceptors (Lipinski definition) is 2. The first-order valence-electron chi connectivity index (χ1n) is 6.16. The standard InChI is InChI=1S/C15H11ClN2S/c16-11-5-3-4-10(8-11)15-18-13-7-2-1-6-12(13)17-14(18)9-19-15/h1-8,15H,9H2/t15-/m0/s1. The molecule has 1 aliphatic heterocycles. The number of para-hydroxylation sites is 2. The van der Waals surface area contributed by atoms with E-state index in [-0.39, 0.29) is 5.37 Å². The fourth-order valence-electron chi connectivity index (χ4n) is 2.59. The smallest absolute Gasteiger partial charge is 0.121 e. The van der Waals surface area contributed by atoms with Crippen LogP contribution in [0.25, 0.3) is 11.0 Å². The van der Waals surface area contributed by atoms with Crippen LogP contribution < -0.4 is 0 Å². The van der Waals surface area contributed by atoms with Gasteiger partial charge in [-0.05, 0) is 29.8 Å². The van der Waals surface area contributed by atoms with Gasteiger partial charge in [-0.1, -0.05) is 35.9 Å². The first-order valence-corrected chi connectivity index (χ1v) is 7.58. The van der Waals surface area contributed by atoms with Crippen LogP contribution in [0.15, 0.2) is 48.5 Å². The van der Waals surface area contributed by atoms with Crippen LogP contribution >= 0.6 is 23.4 Å².